The van der Waals surface area contributed by atoms with Crippen LogP contribution in [-0.2, 0) is 27.4 Å². The summed E-state index contributed by atoms with van der Waals surface area (Å²) in [5.74, 6) is -1.29. The average Bonchev–Trinajstić information content (AvgIpc) is 2.84. The Kier molecular flexibility index (Phi) is 7.67. The molecule has 0 fully saturated rings. The highest BCUT2D eigenvalue weighted by molar-refractivity contribution is 7.92. The predicted octanol–water partition coefficient (Wildman–Crippen LogP) is 5.30. The molecule has 1 aliphatic heterocycles. The number of halogens is 3. The van der Waals surface area contributed by atoms with Gasteiger partial charge in [0.05, 0.1) is 11.3 Å². The second-order valence-corrected chi connectivity index (χ2v) is 10.2. The third kappa shape index (κ3) is 6.56. The molecule has 0 aliphatic carbocycles. The molecule has 0 saturated carbocycles. The number of alkyl halides is 3. The first kappa shape index (κ1) is 26.4. The number of carboxylic acids is 1. The second kappa shape index (κ2) is 10.8. The first-order valence-electron chi connectivity index (χ1n) is 11.6. The lowest BCUT2D eigenvalue weighted by Gasteiger charge is -2.20. The molecule has 0 amide bonds. The van der Waals surface area contributed by atoms with E-state index < -0.39 is 38.9 Å². The van der Waals surface area contributed by atoms with Gasteiger partial charge in [0.15, 0.2) is 5.03 Å². The lowest BCUT2D eigenvalue weighted by atomic mass is 9.95. The van der Waals surface area contributed by atoms with Crippen LogP contribution in [0.4, 0.5) is 19.0 Å². The molecule has 3 aromatic rings. The maximum atomic E-state index is 13.9. The van der Waals surface area contributed by atoms with Gasteiger partial charge in [0.25, 0.3) is 10.0 Å². The molecule has 2 aromatic heterocycles. The Hall–Kier alpha value is -3.67. The van der Waals surface area contributed by atoms with Gasteiger partial charge in [-0.1, -0.05) is 30.3 Å². The van der Waals surface area contributed by atoms with Gasteiger partial charge in [-0.2, -0.15) is 26.6 Å². The average molecular weight is 536 g/mol. The summed E-state index contributed by atoms with van der Waals surface area (Å²) in [5.41, 5.74) is -0.477. The van der Waals surface area contributed by atoms with Crippen LogP contribution in [0.15, 0.2) is 59.6 Å². The number of rotatable bonds is 3. The number of aliphatic carboxylic acids is 1. The summed E-state index contributed by atoms with van der Waals surface area (Å²) < 4.78 is 75.8. The van der Waals surface area contributed by atoms with Crippen molar-refractivity contribution in [1.29, 1.82) is 0 Å². The Labute approximate surface area is 211 Å². The van der Waals surface area contributed by atoms with Gasteiger partial charge < -0.3 is 9.84 Å². The molecule has 4 bridgehead atoms. The van der Waals surface area contributed by atoms with Crippen molar-refractivity contribution in [2.45, 2.75) is 55.8 Å². The summed E-state index contributed by atoms with van der Waals surface area (Å²) in [5, 5.41) is 8.67. The summed E-state index contributed by atoms with van der Waals surface area (Å²) in [6, 6.07) is 12.4. The van der Waals surface area contributed by atoms with Gasteiger partial charge >= 0.3 is 12.1 Å². The zero-order valence-electron chi connectivity index (χ0n) is 19.5. The largest absolute Gasteiger partial charge is 0.481 e. The molecule has 12 heteroatoms. The maximum Gasteiger partial charge on any atom is 0.418 e. The van der Waals surface area contributed by atoms with Crippen molar-refractivity contribution in [2.75, 3.05) is 4.72 Å². The van der Waals surface area contributed by atoms with Crippen LogP contribution in [0, 0.1) is 0 Å². The number of anilines is 1. The minimum atomic E-state index is -4.71. The van der Waals surface area contributed by atoms with Crippen molar-refractivity contribution in [2.24, 2.45) is 0 Å². The molecule has 2 N–H and O–H groups in total. The van der Waals surface area contributed by atoms with Crippen molar-refractivity contribution < 1.29 is 36.2 Å². The van der Waals surface area contributed by atoms with Gasteiger partial charge in [0.2, 0.25) is 5.88 Å². The molecule has 0 radical (unpaired) electrons. The molecule has 4 rings (SSSR count). The number of pyridine rings is 2. The smallest absolute Gasteiger partial charge is 0.418 e. The number of nitrogens with zero attached hydrogens (tertiary/aromatic N) is 2. The second-order valence-electron chi connectivity index (χ2n) is 8.59. The summed E-state index contributed by atoms with van der Waals surface area (Å²) in [6.45, 7) is 0. The van der Waals surface area contributed by atoms with Crippen molar-refractivity contribution in [1.82, 2.24) is 9.97 Å². The lowest BCUT2D eigenvalue weighted by Crippen LogP contribution is -2.21. The topological polar surface area (TPSA) is 118 Å². The van der Waals surface area contributed by atoms with Gasteiger partial charge in [-0.25, -0.2) is 4.98 Å². The SMILES string of the molecule is O=C(O)CCC1CCCCc2ccccc2-c2nc(ccc2C(F)(F)F)NS(=O)(=O)c2cccc(n2)O1. The molecule has 1 unspecified atom stereocenters. The van der Waals surface area contributed by atoms with Gasteiger partial charge in [0, 0.05) is 18.1 Å². The Morgan fingerprint density at radius 1 is 1.05 bits per heavy atom. The standard InChI is InChI=1S/C25H24F3N3O5S/c26-25(27,28)19-13-14-20-29-24(19)18-9-4-2-7-16(18)6-1-3-8-17(12-15-23(32)33)36-21-10-5-11-22(30-21)37(34,35)31-20/h2,4-5,7,9-11,13-14,17H,1,3,6,8,12,15H2,(H,29,31)(H,32,33). The van der Waals surface area contributed by atoms with Crippen molar-refractivity contribution in [3.8, 4) is 17.1 Å². The summed E-state index contributed by atoms with van der Waals surface area (Å²) in [6.07, 6.45) is -3.12. The van der Waals surface area contributed by atoms with E-state index in [1.54, 1.807) is 18.2 Å². The number of benzene rings is 1. The van der Waals surface area contributed by atoms with Crippen molar-refractivity contribution in [3.63, 3.8) is 0 Å². The number of aromatic nitrogens is 2. The molecule has 1 aliphatic rings. The van der Waals surface area contributed by atoms with Crippen LogP contribution in [-0.4, -0.2) is 35.6 Å². The van der Waals surface area contributed by atoms with E-state index in [0.717, 1.165) is 12.1 Å². The van der Waals surface area contributed by atoms with Crippen LogP contribution in [0.1, 0.15) is 43.2 Å². The molecule has 196 valence electrons. The third-order valence-corrected chi connectivity index (χ3v) is 7.13. The number of carboxylic acid groups (broad SMARTS) is 1. The molecular formula is C25H24F3N3O5S. The van der Waals surface area contributed by atoms with Crippen molar-refractivity contribution in [3.05, 3.63) is 65.7 Å². The monoisotopic (exact) mass is 535 g/mol. The molecule has 37 heavy (non-hydrogen) atoms. The quantitative estimate of drug-likeness (QED) is 0.467. The molecule has 3 heterocycles. The molecular weight excluding hydrogens is 511 g/mol. The van der Waals surface area contributed by atoms with Crippen LogP contribution in [0.5, 0.6) is 5.88 Å². The highest BCUT2D eigenvalue weighted by atomic mass is 32.2. The zero-order chi connectivity index (χ0) is 26.6. The Balaban J connectivity index is 1.81. The van der Waals surface area contributed by atoms with E-state index in [1.807, 2.05) is 0 Å². The van der Waals surface area contributed by atoms with E-state index in [9.17, 15) is 26.4 Å². The lowest BCUT2D eigenvalue weighted by molar-refractivity contribution is -0.138. The first-order valence-corrected chi connectivity index (χ1v) is 13.1. The van der Waals surface area contributed by atoms with E-state index in [2.05, 4.69) is 14.7 Å². The number of sulfonamides is 1. The third-order valence-electron chi connectivity index (χ3n) is 5.88. The van der Waals surface area contributed by atoms with Crippen LogP contribution in [0.25, 0.3) is 11.3 Å². The number of carbonyl (C=O) groups is 1. The van der Waals surface area contributed by atoms with Gasteiger partial charge in [-0.15, -0.1) is 0 Å². The highest BCUT2D eigenvalue weighted by Gasteiger charge is 2.35. The molecule has 1 aromatic carbocycles. The minimum absolute atomic E-state index is 0.00299. The number of fused-ring (bicyclic) bond motifs is 6. The normalized spacial score (nSPS) is 17.6. The number of hydrogen-bond acceptors (Lipinski definition) is 6. The van der Waals surface area contributed by atoms with Gasteiger partial charge in [0.1, 0.15) is 11.9 Å². The predicted molar refractivity (Wildman–Crippen MR) is 129 cm³/mol. The molecule has 1 atom stereocenters. The Morgan fingerprint density at radius 3 is 2.59 bits per heavy atom. The number of nitrogens with one attached hydrogen (secondary N) is 1. The van der Waals surface area contributed by atoms with Crippen LogP contribution >= 0.6 is 0 Å². The van der Waals surface area contributed by atoms with Crippen LogP contribution < -0.4 is 9.46 Å². The van der Waals surface area contributed by atoms with Crippen LogP contribution in [0.3, 0.4) is 0 Å². The molecule has 0 saturated heterocycles. The Bertz CT molecular complexity index is 1400. The summed E-state index contributed by atoms with van der Waals surface area (Å²) in [4.78, 5) is 19.2. The summed E-state index contributed by atoms with van der Waals surface area (Å²) in [7, 11) is -4.33. The first-order chi connectivity index (χ1) is 17.5. The number of ether oxygens (including phenoxy) is 1. The fraction of sp³-hybridized carbons (Fsp3) is 0.320. The molecule has 8 nitrogen and oxygen atoms in total. The number of aryl methyl sites for hydroxylation is 1. The van der Waals surface area contributed by atoms with Gasteiger partial charge in [-0.05, 0) is 55.9 Å². The van der Waals surface area contributed by atoms with E-state index in [-0.39, 0.29) is 35.8 Å². The van der Waals surface area contributed by atoms with E-state index >= 15 is 0 Å². The zero-order valence-corrected chi connectivity index (χ0v) is 20.3. The van der Waals surface area contributed by atoms with Gasteiger partial charge in [-0.3, -0.25) is 9.52 Å². The number of hydrogen-bond donors (Lipinski definition) is 2. The molecule has 0 spiro atoms. The highest BCUT2D eigenvalue weighted by Crippen LogP contribution is 2.38. The fourth-order valence-electron chi connectivity index (χ4n) is 4.13. The summed E-state index contributed by atoms with van der Waals surface area (Å²) >= 11 is 0. The minimum Gasteiger partial charge on any atom is -0.481 e. The van der Waals surface area contributed by atoms with E-state index in [0.29, 0.717) is 31.2 Å². The van der Waals surface area contributed by atoms with E-state index in [4.69, 9.17) is 9.84 Å². The van der Waals surface area contributed by atoms with Crippen LogP contribution in [0.2, 0.25) is 0 Å². The van der Waals surface area contributed by atoms with E-state index in [1.165, 1.54) is 24.3 Å². The van der Waals surface area contributed by atoms with Crippen molar-refractivity contribution >= 4 is 21.8 Å². The maximum absolute atomic E-state index is 13.9. The Morgan fingerprint density at radius 2 is 1.84 bits per heavy atom. The fourth-order valence-corrected chi connectivity index (χ4v) is 5.09.